The first-order valence-electron chi connectivity index (χ1n) is 6.32. The van der Waals surface area contributed by atoms with Crippen LogP contribution in [0.25, 0.3) is 0 Å². The van der Waals surface area contributed by atoms with Gasteiger partial charge in [0, 0.05) is 6.54 Å². The van der Waals surface area contributed by atoms with E-state index in [9.17, 15) is 8.42 Å². The van der Waals surface area contributed by atoms with Gasteiger partial charge in [0.05, 0.1) is 10.6 Å². The summed E-state index contributed by atoms with van der Waals surface area (Å²) in [5.41, 5.74) is 8.91. The van der Waals surface area contributed by atoms with Crippen molar-refractivity contribution in [1.29, 1.82) is 0 Å². The summed E-state index contributed by atoms with van der Waals surface area (Å²) in [6.45, 7) is 4.09. The highest BCUT2D eigenvalue weighted by molar-refractivity contribution is 7.92. The van der Waals surface area contributed by atoms with E-state index in [-0.39, 0.29) is 4.90 Å². The standard InChI is InChI=1S/C15H18N2O2S/c1-11-7-8-14(9-13(11)10-16)20(18,19)17-15-6-4-3-5-12(15)2/h3-9,17H,10,16H2,1-2H3. The highest BCUT2D eigenvalue weighted by atomic mass is 32.2. The van der Waals surface area contributed by atoms with Gasteiger partial charge in [-0.05, 0) is 48.7 Å². The third-order valence-electron chi connectivity index (χ3n) is 3.24. The third-order valence-corrected chi connectivity index (χ3v) is 4.60. The summed E-state index contributed by atoms with van der Waals surface area (Å²) in [5.74, 6) is 0. The van der Waals surface area contributed by atoms with Gasteiger partial charge >= 0.3 is 0 Å². The van der Waals surface area contributed by atoms with E-state index < -0.39 is 10.0 Å². The van der Waals surface area contributed by atoms with Crippen LogP contribution in [0.5, 0.6) is 0 Å². The Hall–Kier alpha value is -1.85. The van der Waals surface area contributed by atoms with Gasteiger partial charge in [-0.3, -0.25) is 4.72 Å². The number of hydrogen-bond donors (Lipinski definition) is 2. The molecule has 0 aromatic heterocycles. The molecule has 0 spiro atoms. The molecule has 0 aliphatic carbocycles. The molecule has 0 saturated heterocycles. The minimum Gasteiger partial charge on any atom is -0.326 e. The van der Waals surface area contributed by atoms with E-state index in [1.165, 1.54) is 0 Å². The summed E-state index contributed by atoms with van der Waals surface area (Å²) in [6.07, 6.45) is 0. The molecule has 0 atom stereocenters. The summed E-state index contributed by atoms with van der Waals surface area (Å²) in [4.78, 5) is 0.229. The van der Waals surface area contributed by atoms with Crippen molar-refractivity contribution >= 4 is 15.7 Å². The molecule has 0 unspecified atom stereocenters. The fraction of sp³-hybridized carbons (Fsp3) is 0.200. The number of rotatable bonds is 4. The summed E-state index contributed by atoms with van der Waals surface area (Å²) >= 11 is 0. The fourth-order valence-electron chi connectivity index (χ4n) is 1.93. The van der Waals surface area contributed by atoms with E-state index in [0.717, 1.165) is 16.7 Å². The zero-order chi connectivity index (χ0) is 14.8. The second-order valence-electron chi connectivity index (χ2n) is 4.71. The molecule has 2 aromatic carbocycles. The maximum atomic E-state index is 12.4. The molecule has 2 aromatic rings. The number of para-hydroxylation sites is 1. The Balaban J connectivity index is 2.38. The smallest absolute Gasteiger partial charge is 0.261 e. The number of hydrogen-bond acceptors (Lipinski definition) is 3. The number of nitrogens with one attached hydrogen (secondary N) is 1. The maximum absolute atomic E-state index is 12.4. The van der Waals surface area contributed by atoms with E-state index >= 15 is 0 Å². The van der Waals surface area contributed by atoms with Crippen LogP contribution in [0.4, 0.5) is 5.69 Å². The SMILES string of the molecule is Cc1ccc(S(=O)(=O)Nc2ccccc2C)cc1CN. The second-order valence-corrected chi connectivity index (χ2v) is 6.40. The van der Waals surface area contributed by atoms with Gasteiger partial charge in [0.2, 0.25) is 0 Å². The highest BCUT2D eigenvalue weighted by Crippen LogP contribution is 2.21. The number of nitrogens with two attached hydrogens (primary N) is 1. The number of benzene rings is 2. The molecule has 0 fully saturated rings. The minimum absolute atomic E-state index is 0.229. The normalized spacial score (nSPS) is 11.3. The molecule has 0 amide bonds. The number of sulfonamides is 1. The molecule has 0 aliphatic heterocycles. The van der Waals surface area contributed by atoms with Crippen LogP contribution >= 0.6 is 0 Å². The Bertz CT molecular complexity index is 724. The minimum atomic E-state index is -3.59. The lowest BCUT2D eigenvalue weighted by atomic mass is 10.1. The lowest BCUT2D eigenvalue weighted by molar-refractivity contribution is 0.601. The Morgan fingerprint density at radius 3 is 2.40 bits per heavy atom. The van der Waals surface area contributed by atoms with Crippen molar-refractivity contribution in [2.75, 3.05) is 4.72 Å². The molecule has 0 radical (unpaired) electrons. The van der Waals surface area contributed by atoms with Crippen LogP contribution in [-0.2, 0) is 16.6 Å². The van der Waals surface area contributed by atoms with Crippen molar-refractivity contribution in [3.63, 3.8) is 0 Å². The molecule has 2 rings (SSSR count). The van der Waals surface area contributed by atoms with Crippen molar-refractivity contribution in [2.24, 2.45) is 5.73 Å². The maximum Gasteiger partial charge on any atom is 0.261 e. The van der Waals surface area contributed by atoms with Crippen LogP contribution in [0.15, 0.2) is 47.4 Å². The monoisotopic (exact) mass is 290 g/mol. The first-order valence-corrected chi connectivity index (χ1v) is 7.80. The van der Waals surface area contributed by atoms with Crippen LogP contribution in [-0.4, -0.2) is 8.42 Å². The van der Waals surface area contributed by atoms with Crippen LogP contribution in [0.2, 0.25) is 0 Å². The molecular formula is C15H18N2O2S. The zero-order valence-corrected chi connectivity index (χ0v) is 12.4. The second kappa shape index (κ2) is 5.64. The quantitative estimate of drug-likeness (QED) is 0.909. The number of aryl methyl sites for hydroxylation is 2. The first kappa shape index (κ1) is 14.6. The van der Waals surface area contributed by atoms with Crippen molar-refractivity contribution in [3.8, 4) is 0 Å². The zero-order valence-electron chi connectivity index (χ0n) is 11.6. The Morgan fingerprint density at radius 2 is 1.75 bits per heavy atom. The molecule has 20 heavy (non-hydrogen) atoms. The van der Waals surface area contributed by atoms with Crippen LogP contribution in [0.1, 0.15) is 16.7 Å². The fourth-order valence-corrected chi connectivity index (χ4v) is 3.11. The number of anilines is 1. The molecule has 106 valence electrons. The third kappa shape index (κ3) is 3.00. The van der Waals surface area contributed by atoms with Crippen molar-refractivity contribution in [2.45, 2.75) is 25.3 Å². The predicted octanol–water partition coefficient (Wildman–Crippen LogP) is 2.56. The van der Waals surface area contributed by atoms with Crippen molar-refractivity contribution < 1.29 is 8.42 Å². The van der Waals surface area contributed by atoms with E-state index in [2.05, 4.69) is 4.72 Å². The van der Waals surface area contributed by atoms with E-state index in [4.69, 9.17) is 5.73 Å². The van der Waals surface area contributed by atoms with Gasteiger partial charge in [0.1, 0.15) is 0 Å². The molecule has 4 nitrogen and oxygen atoms in total. The lowest BCUT2D eigenvalue weighted by Gasteiger charge is -2.12. The van der Waals surface area contributed by atoms with E-state index in [0.29, 0.717) is 12.2 Å². The van der Waals surface area contributed by atoms with Crippen molar-refractivity contribution in [3.05, 3.63) is 59.2 Å². The molecule has 5 heteroatoms. The summed E-state index contributed by atoms with van der Waals surface area (Å²) in [5, 5.41) is 0. The largest absolute Gasteiger partial charge is 0.326 e. The average molecular weight is 290 g/mol. The van der Waals surface area contributed by atoms with E-state index in [1.54, 1.807) is 30.3 Å². The van der Waals surface area contributed by atoms with Gasteiger partial charge in [-0.1, -0.05) is 24.3 Å². The summed E-state index contributed by atoms with van der Waals surface area (Å²) in [7, 11) is -3.59. The van der Waals surface area contributed by atoms with Gasteiger partial charge in [-0.15, -0.1) is 0 Å². The predicted molar refractivity (Wildman–Crippen MR) is 81.1 cm³/mol. The molecule has 0 bridgehead atoms. The topological polar surface area (TPSA) is 72.2 Å². The Kier molecular flexibility index (Phi) is 4.11. The molecule has 0 aliphatic rings. The molecule has 0 heterocycles. The van der Waals surface area contributed by atoms with Crippen molar-refractivity contribution in [1.82, 2.24) is 0 Å². The lowest BCUT2D eigenvalue weighted by Crippen LogP contribution is -2.14. The van der Waals surface area contributed by atoms with Crippen LogP contribution in [0, 0.1) is 13.8 Å². The van der Waals surface area contributed by atoms with Gasteiger partial charge < -0.3 is 5.73 Å². The average Bonchev–Trinajstić information content (AvgIpc) is 2.41. The van der Waals surface area contributed by atoms with Gasteiger partial charge in [0.25, 0.3) is 10.0 Å². The summed E-state index contributed by atoms with van der Waals surface area (Å²) < 4.78 is 27.4. The molecule has 3 N–H and O–H groups in total. The van der Waals surface area contributed by atoms with E-state index in [1.807, 2.05) is 26.0 Å². The van der Waals surface area contributed by atoms with Gasteiger partial charge in [-0.25, -0.2) is 8.42 Å². The molecule has 0 saturated carbocycles. The first-order chi connectivity index (χ1) is 9.44. The summed E-state index contributed by atoms with van der Waals surface area (Å²) in [6, 6.07) is 12.2. The van der Waals surface area contributed by atoms with Gasteiger partial charge in [-0.2, -0.15) is 0 Å². The Labute approximate surface area is 119 Å². The van der Waals surface area contributed by atoms with Gasteiger partial charge in [0.15, 0.2) is 0 Å². The van der Waals surface area contributed by atoms with Crippen LogP contribution < -0.4 is 10.5 Å². The van der Waals surface area contributed by atoms with Crippen LogP contribution in [0.3, 0.4) is 0 Å². The molecular weight excluding hydrogens is 272 g/mol. The highest BCUT2D eigenvalue weighted by Gasteiger charge is 2.16. The Morgan fingerprint density at radius 1 is 1.05 bits per heavy atom.